The Morgan fingerprint density at radius 2 is 0.565 bits per heavy atom. The van der Waals surface area contributed by atoms with Gasteiger partial charge in [0.1, 0.15) is 13.2 Å². The molecule has 0 aromatic rings. The van der Waals surface area contributed by atoms with Crippen LogP contribution < -0.4 is 0 Å². The summed E-state index contributed by atoms with van der Waals surface area (Å²) < 4.78 is 16.7. The predicted molar refractivity (Wildman–Crippen MR) is 298 cm³/mol. The molecule has 1 atom stereocenters. The third-order valence-electron chi connectivity index (χ3n) is 13.7. The summed E-state index contributed by atoms with van der Waals surface area (Å²) in [7, 11) is 0. The number of hydrogen-bond acceptors (Lipinski definition) is 6. The molecule has 0 saturated heterocycles. The Morgan fingerprint density at radius 1 is 0.304 bits per heavy atom. The largest absolute Gasteiger partial charge is 0.462 e. The van der Waals surface area contributed by atoms with E-state index in [1.165, 1.54) is 199 Å². The standard InChI is InChI=1S/C63H116O6/c1-4-7-10-13-15-17-19-21-22-23-24-25-26-27-28-29-30-31-32-33-34-35-36-37-38-39-40-42-43-45-47-50-53-56-62(65)68-59-60(58-67-61(64)55-52-49-12-9-6-3)69-63(66)57-54-51-48-46-44-41-20-18-16-14-11-8-5-2/h8,11,16,18,41,44,60H,4-7,9-10,12-15,17,19-40,42-43,45-59H2,1-3H3/b11-8-,18-16-,44-41-. The molecule has 0 radical (unpaired) electrons. The Bertz CT molecular complexity index is 1160. The topological polar surface area (TPSA) is 78.9 Å². The number of esters is 3. The van der Waals surface area contributed by atoms with Gasteiger partial charge in [0, 0.05) is 19.3 Å². The molecular formula is C63H116O6. The van der Waals surface area contributed by atoms with E-state index >= 15 is 0 Å². The predicted octanol–water partition coefficient (Wildman–Crippen LogP) is 20.4. The van der Waals surface area contributed by atoms with E-state index in [0.717, 1.165) is 89.9 Å². The summed E-state index contributed by atoms with van der Waals surface area (Å²) in [5, 5.41) is 0. The van der Waals surface area contributed by atoms with Crippen LogP contribution in [0.25, 0.3) is 0 Å². The van der Waals surface area contributed by atoms with Crippen molar-refractivity contribution in [2.75, 3.05) is 13.2 Å². The second kappa shape index (κ2) is 58.2. The second-order valence-corrected chi connectivity index (χ2v) is 20.6. The first-order valence-electron chi connectivity index (χ1n) is 30.5. The lowest BCUT2D eigenvalue weighted by molar-refractivity contribution is -0.167. The molecule has 0 aliphatic rings. The van der Waals surface area contributed by atoms with E-state index in [1.54, 1.807) is 0 Å². The highest BCUT2D eigenvalue weighted by Crippen LogP contribution is 2.18. The van der Waals surface area contributed by atoms with Gasteiger partial charge in [-0.1, -0.05) is 295 Å². The SMILES string of the molecule is CC/C=C\C/C=C\C/C=C\CCCCCC(=O)OC(COC(=O)CCCCCCC)COC(=O)CCCCCCCCCCCCCCCCCCCCCCCCCCCCCCCCCCC. The first-order valence-corrected chi connectivity index (χ1v) is 30.5. The van der Waals surface area contributed by atoms with Crippen LogP contribution in [0.2, 0.25) is 0 Å². The van der Waals surface area contributed by atoms with Gasteiger partial charge in [-0.3, -0.25) is 14.4 Å². The van der Waals surface area contributed by atoms with E-state index in [1.807, 2.05) is 0 Å². The molecule has 0 bridgehead atoms. The maximum absolute atomic E-state index is 12.7. The summed E-state index contributed by atoms with van der Waals surface area (Å²) in [5.41, 5.74) is 0. The van der Waals surface area contributed by atoms with Crippen molar-refractivity contribution >= 4 is 17.9 Å². The number of ether oxygens (including phenoxy) is 3. The van der Waals surface area contributed by atoms with Crippen LogP contribution in [0.3, 0.4) is 0 Å². The van der Waals surface area contributed by atoms with Crippen LogP contribution in [0.1, 0.15) is 329 Å². The Labute approximate surface area is 429 Å². The molecule has 0 saturated carbocycles. The summed E-state index contributed by atoms with van der Waals surface area (Å²) in [4.78, 5) is 37.7. The van der Waals surface area contributed by atoms with Crippen molar-refractivity contribution in [1.29, 1.82) is 0 Å². The summed E-state index contributed by atoms with van der Waals surface area (Å²) in [6.45, 7) is 6.45. The van der Waals surface area contributed by atoms with Crippen LogP contribution in [0.15, 0.2) is 36.5 Å². The molecule has 0 amide bonds. The minimum Gasteiger partial charge on any atom is -0.462 e. The van der Waals surface area contributed by atoms with E-state index in [9.17, 15) is 14.4 Å². The van der Waals surface area contributed by atoms with Gasteiger partial charge >= 0.3 is 17.9 Å². The first-order chi connectivity index (χ1) is 34.0. The molecule has 1 unspecified atom stereocenters. The molecule has 0 aliphatic heterocycles. The van der Waals surface area contributed by atoms with Gasteiger partial charge in [-0.05, 0) is 51.4 Å². The molecule has 0 rings (SSSR count). The third kappa shape index (κ3) is 56.4. The summed E-state index contributed by atoms with van der Waals surface area (Å²) >= 11 is 0. The Balaban J connectivity index is 3.85. The average molecular weight is 970 g/mol. The van der Waals surface area contributed by atoms with Gasteiger partial charge in [0.25, 0.3) is 0 Å². The maximum atomic E-state index is 12.7. The number of carbonyl (C=O) groups excluding carboxylic acids is 3. The molecule has 0 N–H and O–H groups in total. The summed E-state index contributed by atoms with van der Waals surface area (Å²) in [6.07, 6.45) is 70.9. The number of rotatable bonds is 56. The molecule has 0 heterocycles. The maximum Gasteiger partial charge on any atom is 0.306 e. The minimum atomic E-state index is -0.781. The third-order valence-corrected chi connectivity index (χ3v) is 13.7. The van der Waals surface area contributed by atoms with Crippen molar-refractivity contribution in [3.05, 3.63) is 36.5 Å². The minimum absolute atomic E-state index is 0.0812. The van der Waals surface area contributed by atoms with Crippen LogP contribution in [0.5, 0.6) is 0 Å². The monoisotopic (exact) mass is 969 g/mol. The fraction of sp³-hybridized carbons (Fsp3) is 0.857. The van der Waals surface area contributed by atoms with Crippen LogP contribution in [0.4, 0.5) is 0 Å². The highest BCUT2D eigenvalue weighted by molar-refractivity contribution is 5.71. The summed E-state index contributed by atoms with van der Waals surface area (Å²) in [5.74, 6) is -0.913. The van der Waals surface area contributed by atoms with Crippen LogP contribution in [0, 0.1) is 0 Å². The molecule has 404 valence electrons. The van der Waals surface area contributed by atoms with Crippen molar-refractivity contribution in [2.45, 2.75) is 335 Å². The lowest BCUT2D eigenvalue weighted by atomic mass is 10.0. The van der Waals surface area contributed by atoms with Crippen molar-refractivity contribution < 1.29 is 28.6 Å². The van der Waals surface area contributed by atoms with Gasteiger partial charge in [0.2, 0.25) is 0 Å². The van der Waals surface area contributed by atoms with Gasteiger partial charge in [0.05, 0.1) is 0 Å². The zero-order chi connectivity index (χ0) is 50.0. The molecular weight excluding hydrogens is 853 g/mol. The van der Waals surface area contributed by atoms with E-state index in [0.29, 0.717) is 19.3 Å². The molecule has 0 aliphatic carbocycles. The lowest BCUT2D eigenvalue weighted by Gasteiger charge is -2.18. The number of allylic oxidation sites excluding steroid dienone is 6. The Hall–Kier alpha value is -2.37. The van der Waals surface area contributed by atoms with Crippen LogP contribution in [-0.2, 0) is 28.6 Å². The van der Waals surface area contributed by atoms with E-state index < -0.39 is 6.10 Å². The fourth-order valence-corrected chi connectivity index (χ4v) is 9.11. The fourth-order valence-electron chi connectivity index (χ4n) is 9.11. The average Bonchev–Trinajstić information content (AvgIpc) is 3.35. The van der Waals surface area contributed by atoms with Crippen molar-refractivity contribution in [3.8, 4) is 0 Å². The molecule has 6 nitrogen and oxygen atoms in total. The first kappa shape index (κ1) is 66.6. The molecule has 6 heteroatoms. The van der Waals surface area contributed by atoms with Gasteiger partial charge in [0.15, 0.2) is 6.10 Å². The molecule has 0 fully saturated rings. The zero-order valence-electron chi connectivity index (χ0n) is 46.3. The molecule has 69 heavy (non-hydrogen) atoms. The Kier molecular flexibility index (Phi) is 56.2. The highest BCUT2D eigenvalue weighted by Gasteiger charge is 2.19. The number of hydrogen-bond donors (Lipinski definition) is 0. The van der Waals surface area contributed by atoms with Crippen molar-refractivity contribution in [2.24, 2.45) is 0 Å². The van der Waals surface area contributed by atoms with Gasteiger partial charge in [-0.15, -0.1) is 0 Å². The summed E-state index contributed by atoms with van der Waals surface area (Å²) in [6, 6.07) is 0. The van der Waals surface area contributed by atoms with Gasteiger partial charge in [-0.2, -0.15) is 0 Å². The molecule has 0 spiro atoms. The van der Waals surface area contributed by atoms with Crippen molar-refractivity contribution in [3.63, 3.8) is 0 Å². The van der Waals surface area contributed by atoms with Gasteiger partial charge < -0.3 is 14.2 Å². The normalized spacial score (nSPS) is 12.2. The Morgan fingerprint density at radius 3 is 0.884 bits per heavy atom. The zero-order valence-corrected chi connectivity index (χ0v) is 46.3. The number of carbonyl (C=O) groups is 3. The highest BCUT2D eigenvalue weighted by atomic mass is 16.6. The van der Waals surface area contributed by atoms with Crippen molar-refractivity contribution in [1.82, 2.24) is 0 Å². The molecule has 0 aromatic carbocycles. The lowest BCUT2D eigenvalue weighted by Crippen LogP contribution is -2.30. The van der Waals surface area contributed by atoms with Crippen LogP contribution >= 0.6 is 0 Å². The van der Waals surface area contributed by atoms with E-state index in [2.05, 4.69) is 57.2 Å². The van der Waals surface area contributed by atoms with E-state index in [4.69, 9.17) is 14.2 Å². The van der Waals surface area contributed by atoms with Gasteiger partial charge in [-0.25, -0.2) is 0 Å². The second-order valence-electron chi connectivity index (χ2n) is 20.6. The molecule has 0 aromatic heterocycles. The van der Waals surface area contributed by atoms with E-state index in [-0.39, 0.29) is 31.1 Å². The van der Waals surface area contributed by atoms with Crippen LogP contribution in [-0.4, -0.2) is 37.2 Å². The number of unbranched alkanes of at least 4 members (excludes halogenated alkanes) is 39. The quantitative estimate of drug-likeness (QED) is 0.0261. The smallest absolute Gasteiger partial charge is 0.306 e.